The number of rotatable bonds is 27. The van der Waals surface area contributed by atoms with E-state index < -0.39 is 0 Å². The number of nitrogen functional groups attached to an aromatic ring is 1. The van der Waals surface area contributed by atoms with Crippen LogP contribution in [0, 0.1) is 0 Å². The van der Waals surface area contributed by atoms with E-state index in [-0.39, 0.29) is 5.97 Å². The molecule has 0 radical (unpaired) electrons. The van der Waals surface area contributed by atoms with Crippen molar-refractivity contribution < 1.29 is 38.0 Å². The topological polar surface area (TPSA) is 108 Å². The van der Waals surface area contributed by atoms with Crippen LogP contribution in [-0.4, -0.2) is 85.3 Å². The predicted octanol–water partition coefficient (Wildman–Crippen LogP) is 4.41. The molecule has 1 aromatic rings. The van der Waals surface area contributed by atoms with Crippen molar-refractivity contribution in [2.24, 2.45) is 0 Å². The van der Waals surface area contributed by atoms with E-state index in [1.54, 1.807) is 6.07 Å². The van der Waals surface area contributed by atoms with Crippen molar-refractivity contribution in [3.05, 3.63) is 24.3 Å². The van der Waals surface area contributed by atoms with E-state index in [9.17, 15) is 4.79 Å². The molecular weight excluding hydrogens is 478 g/mol. The van der Waals surface area contributed by atoms with Crippen LogP contribution >= 0.6 is 0 Å². The Morgan fingerprint density at radius 1 is 0.622 bits per heavy atom. The van der Waals surface area contributed by atoms with Gasteiger partial charge in [-0.15, -0.1) is 0 Å². The maximum Gasteiger partial charge on any atom is 0.305 e. The SMILES string of the molecule is CCCCCCCCCC(=O)OCCOCCOCCOCCOCCOCCOc1ccccc1N. The van der Waals surface area contributed by atoms with E-state index >= 15 is 0 Å². The zero-order valence-electron chi connectivity index (χ0n) is 22.8. The maximum atomic E-state index is 11.7. The molecule has 0 fully saturated rings. The number of anilines is 1. The van der Waals surface area contributed by atoms with Gasteiger partial charge in [0, 0.05) is 6.42 Å². The van der Waals surface area contributed by atoms with Crippen LogP contribution in [0.5, 0.6) is 5.75 Å². The first kappa shape index (κ1) is 33.1. The van der Waals surface area contributed by atoms with Gasteiger partial charge in [-0.2, -0.15) is 0 Å². The van der Waals surface area contributed by atoms with E-state index in [1.807, 2.05) is 18.2 Å². The van der Waals surface area contributed by atoms with Gasteiger partial charge in [0.1, 0.15) is 19.0 Å². The van der Waals surface area contributed by atoms with Gasteiger partial charge in [-0.1, -0.05) is 57.6 Å². The molecule has 0 heterocycles. The molecule has 0 spiro atoms. The number of hydrogen-bond donors (Lipinski definition) is 1. The summed E-state index contributed by atoms with van der Waals surface area (Å²) in [6, 6.07) is 7.38. The summed E-state index contributed by atoms with van der Waals surface area (Å²) in [5.74, 6) is 0.532. The first-order valence-electron chi connectivity index (χ1n) is 13.8. The lowest BCUT2D eigenvalue weighted by Crippen LogP contribution is -2.15. The Balaban J connectivity index is 1.70. The van der Waals surface area contributed by atoms with E-state index in [4.69, 9.17) is 38.9 Å². The summed E-state index contributed by atoms with van der Waals surface area (Å²) in [6.45, 7) is 7.72. The van der Waals surface area contributed by atoms with Crippen molar-refractivity contribution in [2.75, 3.05) is 85.0 Å². The van der Waals surface area contributed by atoms with Gasteiger partial charge in [0.25, 0.3) is 0 Å². The minimum Gasteiger partial charge on any atom is -0.489 e. The molecule has 0 aliphatic carbocycles. The van der Waals surface area contributed by atoms with E-state index in [2.05, 4.69) is 6.92 Å². The van der Waals surface area contributed by atoms with E-state index in [1.165, 1.54) is 32.1 Å². The quantitative estimate of drug-likeness (QED) is 0.101. The molecule has 0 aromatic heterocycles. The highest BCUT2D eigenvalue weighted by molar-refractivity contribution is 5.69. The van der Waals surface area contributed by atoms with Crippen LogP contribution < -0.4 is 10.5 Å². The van der Waals surface area contributed by atoms with Crippen LogP contribution in [0.15, 0.2) is 24.3 Å². The Hall–Kier alpha value is -1.91. The second-order valence-electron chi connectivity index (χ2n) is 8.54. The molecule has 0 bridgehead atoms. The zero-order valence-corrected chi connectivity index (χ0v) is 22.8. The molecule has 0 aliphatic heterocycles. The summed E-state index contributed by atoms with van der Waals surface area (Å²) >= 11 is 0. The Morgan fingerprint density at radius 2 is 1.08 bits per heavy atom. The molecule has 0 saturated heterocycles. The highest BCUT2D eigenvalue weighted by Gasteiger charge is 2.03. The summed E-state index contributed by atoms with van der Waals surface area (Å²) in [4.78, 5) is 11.7. The smallest absolute Gasteiger partial charge is 0.305 e. The Morgan fingerprint density at radius 3 is 1.62 bits per heavy atom. The standard InChI is InChI=1S/C28H49NO8/c1-2-3-4-5-6-7-8-13-28(30)37-25-23-35-21-19-33-17-15-31-14-16-32-18-20-34-22-24-36-27-12-10-9-11-26(27)29/h9-12H,2-8,13-25,29H2,1H3. The molecule has 2 N–H and O–H groups in total. The van der Waals surface area contributed by atoms with Crippen molar-refractivity contribution in [2.45, 2.75) is 58.3 Å². The van der Waals surface area contributed by atoms with Crippen LogP contribution in [-0.2, 0) is 33.2 Å². The zero-order chi connectivity index (χ0) is 26.7. The summed E-state index contributed by atoms with van der Waals surface area (Å²) in [6.07, 6.45) is 8.83. The van der Waals surface area contributed by atoms with Gasteiger partial charge in [0.15, 0.2) is 0 Å². The number of ether oxygens (including phenoxy) is 7. The fourth-order valence-electron chi connectivity index (χ4n) is 3.32. The van der Waals surface area contributed by atoms with Crippen LogP contribution in [0.25, 0.3) is 0 Å². The Bertz CT molecular complexity index is 646. The Labute approximate surface area is 223 Å². The van der Waals surface area contributed by atoms with Gasteiger partial charge in [-0.25, -0.2) is 0 Å². The highest BCUT2D eigenvalue weighted by Crippen LogP contribution is 2.19. The molecule has 0 amide bonds. The Kier molecular flexibility index (Phi) is 23.0. The number of para-hydroxylation sites is 2. The van der Waals surface area contributed by atoms with E-state index in [0.717, 1.165) is 12.8 Å². The summed E-state index contributed by atoms with van der Waals surface area (Å²) < 4.78 is 37.9. The number of carbonyl (C=O) groups is 1. The number of nitrogens with two attached hydrogens (primary N) is 1. The summed E-state index contributed by atoms with van der Waals surface area (Å²) in [5, 5.41) is 0. The fourth-order valence-corrected chi connectivity index (χ4v) is 3.32. The molecule has 0 saturated carbocycles. The van der Waals surface area contributed by atoms with Crippen LogP contribution in [0.3, 0.4) is 0 Å². The van der Waals surface area contributed by atoms with Crippen LogP contribution in [0.1, 0.15) is 58.3 Å². The molecule has 214 valence electrons. The van der Waals surface area contributed by atoms with Crippen LogP contribution in [0.4, 0.5) is 5.69 Å². The summed E-state index contributed by atoms with van der Waals surface area (Å²) in [5.41, 5.74) is 6.43. The van der Waals surface area contributed by atoms with Gasteiger partial charge in [0.2, 0.25) is 0 Å². The molecule has 37 heavy (non-hydrogen) atoms. The number of carbonyl (C=O) groups excluding carboxylic acids is 1. The third kappa shape index (κ3) is 21.8. The lowest BCUT2D eigenvalue weighted by molar-refractivity contribution is -0.145. The molecule has 1 aromatic carbocycles. The molecule has 0 aliphatic rings. The predicted molar refractivity (Wildman–Crippen MR) is 144 cm³/mol. The average Bonchev–Trinajstić information content (AvgIpc) is 2.90. The van der Waals surface area contributed by atoms with Gasteiger partial charge >= 0.3 is 5.97 Å². The average molecular weight is 528 g/mol. The van der Waals surface area contributed by atoms with Gasteiger partial charge < -0.3 is 38.9 Å². The number of benzene rings is 1. The minimum atomic E-state index is -0.138. The maximum absolute atomic E-state index is 11.7. The normalized spacial score (nSPS) is 11.1. The summed E-state index contributed by atoms with van der Waals surface area (Å²) in [7, 11) is 0. The molecule has 9 nitrogen and oxygen atoms in total. The molecule has 9 heteroatoms. The van der Waals surface area contributed by atoms with Crippen molar-refractivity contribution in [3.63, 3.8) is 0 Å². The lowest BCUT2D eigenvalue weighted by Gasteiger charge is -2.09. The van der Waals surface area contributed by atoms with Gasteiger partial charge in [-0.3, -0.25) is 4.79 Å². The van der Waals surface area contributed by atoms with Gasteiger partial charge in [-0.05, 0) is 18.6 Å². The highest BCUT2D eigenvalue weighted by atomic mass is 16.6. The molecule has 0 unspecified atom stereocenters. The molecule has 1 rings (SSSR count). The largest absolute Gasteiger partial charge is 0.489 e. The molecular formula is C28H49NO8. The lowest BCUT2D eigenvalue weighted by atomic mass is 10.1. The third-order valence-electron chi connectivity index (χ3n) is 5.37. The van der Waals surface area contributed by atoms with Crippen molar-refractivity contribution in [3.8, 4) is 5.75 Å². The van der Waals surface area contributed by atoms with Crippen molar-refractivity contribution >= 4 is 11.7 Å². The van der Waals surface area contributed by atoms with Crippen LogP contribution in [0.2, 0.25) is 0 Å². The van der Waals surface area contributed by atoms with E-state index in [0.29, 0.717) is 97.1 Å². The molecule has 0 atom stereocenters. The van der Waals surface area contributed by atoms with Gasteiger partial charge in [0.05, 0.1) is 71.8 Å². The van der Waals surface area contributed by atoms with Crippen molar-refractivity contribution in [1.29, 1.82) is 0 Å². The number of esters is 1. The minimum absolute atomic E-state index is 0.138. The van der Waals surface area contributed by atoms with Crippen molar-refractivity contribution in [1.82, 2.24) is 0 Å². The number of unbranched alkanes of at least 4 members (excludes halogenated alkanes) is 6. The fraction of sp³-hybridized carbons (Fsp3) is 0.750. The second-order valence-corrected chi connectivity index (χ2v) is 8.54. The monoisotopic (exact) mass is 527 g/mol. The first-order valence-corrected chi connectivity index (χ1v) is 13.8. The first-order chi connectivity index (χ1) is 18.2. The number of hydrogen-bond acceptors (Lipinski definition) is 9. The third-order valence-corrected chi connectivity index (χ3v) is 5.37. The second kappa shape index (κ2) is 25.7.